The Hall–Kier alpha value is -3.54. The number of amides is 2. The second-order valence-corrected chi connectivity index (χ2v) is 6.57. The number of nitrogens with one attached hydrogen (secondary N) is 1. The van der Waals surface area contributed by atoms with E-state index in [1.807, 2.05) is 30.3 Å². The summed E-state index contributed by atoms with van der Waals surface area (Å²) in [6, 6.07) is 18.1. The Morgan fingerprint density at radius 1 is 1.04 bits per heavy atom. The maximum absolute atomic E-state index is 13.3. The number of halogens is 1. The third-order valence-corrected chi connectivity index (χ3v) is 4.73. The van der Waals surface area contributed by atoms with Crippen molar-refractivity contribution in [1.82, 2.24) is 10.3 Å². The van der Waals surface area contributed by atoms with Crippen molar-refractivity contribution in [3.05, 3.63) is 95.6 Å². The predicted molar refractivity (Wildman–Crippen MR) is 103 cm³/mol. The molecule has 0 fully saturated rings. The van der Waals surface area contributed by atoms with E-state index >= 15 is 0 Å². The van der Waals surface area contributed by atoms with Gasteiger partial charge in [-0.05, 0) is 42.0 Å². The van der Waals surface area contributed by atoms with Crippen molar-refractivity contribution in [2.75, 3.05) is 4.90 Å². The van der Waals surface area contributed by atoms with E-state index in [0.717, 1.165) is 5.56 Å². The summed E-state index contributed by atoms with van der Waals surface area (Å²) in [5.74, 6) is -0.814. The minimum Gasteiger partial charge on any atom is -0.352 e. The van der Waals surface area contributed by atoms with Crippen molar-refractivity contribution in [1.29, 1.82) is 0 Å². The van der Waals surface area contributed by atoms with Crippen LogP contribution >= 0.6 is 0 Å². The number of rotatable bonds is 5. The van der Waals surface area contributed by atoms with Crippen LogP contribution in [0.3, 0.4) is 0 Å². The quantitative estimate of drug-likeness (QED) is 0.741. The molecule has 28 heavy (non-hydrogen) atoms. The lowest BCUT2D eigenvalue weighted by molar-refractivity contribution is -0.121. The van der Waals surface area contributed by atoms with E-state index in [1.165, 1.54) is 29.2 Å². The molecule has 140 valence electrons. The molecule has 1 aromatic heterocycles. The van der Waals surface area contributed by atoms with Crippen molar-refractivity contribution in [3.63, 3.8) is 0 Å². The summed E-state index contributed by atoms with van der Waals surface area (Å²) in [6.07, 6.45) is 1.68. The number of anilines is 1. The SMILES string of the molecule is O=C(C[C@H]1c2ncccc2C(=O)N1c1ccc(F)cc1)NCc1ccccc1. The highest BCUT2D eigenvalue weighted by molar-refractivity contribution is 6.11. The molecule has 1 aliphatic heterocycles. The third kappa shape index (κ3) is 3.49. The first-order chi connectivity index (χ1) is 13.6. The second-order valence-electron chi connectivity index (χ2n) is 6.57. The molecular weight excluding hydrogens is 357 g/mol. The molecule has 0 saturated carbocycles. The fourth-order valence-electron chi connectivity index (χ4n) is 3.39. The van der Waals surface area contributed by atoms with Crippen LogP contribution in [0.5, 0.6) is 0 Å². The number of carbonyl (C=O) groups excluding carboxylic acids is 2. The summed E-state index contributed by atoms with van der Waals surface area (Å²) in [4.78, 5) is 31.3. The maximum atomic E-state index is 13.3. The summed E-state index contributed by atoms with van der Waals surface area (Å²) < 4.78 is 13.3. The van der Waals surface area contributed by atoms with Crippen LogP contribution in [-0.2, 0) is 11.3 Å². The number of hydrogen-bond acceptors (Lipinski definition) is 3. The van der Waals surface area contributed by atoms with Gasteiger partial charge in [-0.1, -0.05) is 30.3 Å². The molecule has 0 unspecified atom stereocenters. The first kappa shape index (κ1) is 17.9. The summed E-state index contributed by atoms with van der Waals surface area (Å²) >= 11 is 0. The minimum atomic E-state index is -0.537. The molecule has 0 radical (unpaired) electrons. The lowest BCUT2D eigenvalue weighted by atomic mass is 10.1. The van der Waals surface area contributed by atoms with Gasteiger partial charge in [0, 0.05) is 18.4 Å². The van der Waals surface area contributed by atoms with Crippen molar-refractivity contribution in [2.24, 2.45) is 0 Å². The second kappa shape index (κ2) is 7.60. The van der Waals surface area contributed by atoms with Gasteiger partial charge in [0.1, 0.15) is 5.82 Å². The van der Waals surface area contributed by atoms with Crippen molar-refractivity contribution in [3.8, 4) is 0 Å². The van der Waals surface area contributed by atoms with Gasteiger partial charge in [-0.2, -0.15) is 0 Å². The Bertz CT molecular complexity index is 1010. The maximum Gasteiger partial charge on any atom is 0.260 e. The molecule has 0 aliphatic carbocycles. The van der Waals surface area contributed by atoms with Crippen LogP contribution in [0.2, 0.25) is 0 Å². The Balaban J connectivity index is 1.57. The first-order valence-electron chi connectivity index (χ1n) is 8.98. The average molecular weight is 375 g/mol. The summed E-state index contributed by atoms with van der Waals surface area (Å²) in [5.41, 5.74) is 2.55. The largest absolute Gasteiger partial charge is 0.352 e. The van der Waals surface area contributed by atoms with Gasteiger partial charge in [-0.15, -0.1) is 0 Å². The Morgan fingerprint density at radius 2 is 1.79 bits per heavy atom. The average Bonchev–Trinajstić information content (AvgIpc) is 3.00. The fraction of sp³-hybridized carbons (Fsp3) is 0.136. The number of benzene rings is 2. The highest BCUT2D eigenvalue weighted by Gasteiger charge is 2.39. The molecule has 2 heterocycles. The summed E-state index contributed by atoms with van der Waals surface area (Å²) in [7, 11) is 0. The van der Waals surface area contributed by atoms with Crippen LogP contribution in [0.4, 0.5) is 10.1 Å². The summed E-state index contributed by atoms with van der Waals surface area (Å²) in [6.45, 7) is 0.409. The van der Waals surface area contributed by atoms with Crippen molar-refractivity contribution < 1.29 is 14.0 Å². The lowest BCUT2D eigenvalue weighted by Gasteiger charge is -2.24. The molecule has 5 nitrogen and oxygen atoms in total. The van der Waals surface area contributed by atoms with Gasteiger partial charge >= 0.3 is 0 Å². The summed E-state index contributed by atoms with van der Waals surface area (Å²) in [5, 5.41) is 2.89. The highest BCUT2D eigenvalue weighted by Crippen LogP contribution is 2.38. The molecule has 1 atom stereocenters. The number of carbonyl (C=O) groups is 2. The van der Waals surface area contributed by atoms with Crippen LogP contribution in [-0.4, -0.2) is 16.8 Å². The fourth-order valence-corrected chi connectivity index (χ4v) is 3.39. The smallest absolute Gasteiger partial charge is 0.260 e. The Kier molecular flexibility index (Phi) is 4.85. The zero-order chi connectivity index (χ0) is 19.5. The van der Waals surface area contributed by atoms with Crippen LogP contribution in [0, 0.1) is 5.82 Å². The van der Waals surface area contributed by atoms with Crippen LogP contribution in [0.15, 0.2) is 72.9 Å². The van der Waals surface area contributed by atoms with E-state index in [4.69, 9.17) is 0 Å². The molecule has 1 aliphatic rings. The Labute approximate surface area is 161 Å². The number of nitrogens with zero attached hydrogens (tertiary/aromatic N) is 2. The van der Waals surface area contributed by atoms with Gasteiger partial charge in [0.15, 0.2) is 0 Å². The molecule has 4 rings (SSSR count). The zero-order valence-corrected chi connectivity index (χ0v) is 15.0. The van der Waals surface area contributed by atoms with E-state index < -0.39 is 6.04 Å². The van der Waals surface area contributed by atoms with E-state index in [9.17, 15) is 14.0 Å². The van der Waals surface area contributed by atoms with Gasteiger partial charge in [-0.25, -0.2) is 4.39 Å². The van der Waals surface area contributed by atoms with E-state index in [1.54, 1.807) is 18.3 Å². The Morgan fingerprint density at radius 3 is 2.54 bits per heavy atom. The molecule has 2 aromatic carbocycles. The van der Waals surface area contributed by atoms with Crippen molar-refractivity contribution in [2.45, 2.75) is 19.0 Å². The number of aromatic nitrogens is 1. The number of fused-ring (bicyclic) bond motifs is 1. The highest BCUT2D eigenvalue weighted by atomic mass is 19.1. The molecule has 0 spiro atoms. The van der Waals surface area contributed by atoms with Crippen molar-refractivity contribution >= 4 is 17.5 Å². The molecule has 0 bridgehead atoms. The van der Waals surface area contributed by atoms with Crippen LogP contribution < -0.4 is 10.2 Å². The molecule has 0 saturated heterocycles. The van der Waals surface area contributed by atoms with Gasteiger partial charge in [-0.3, -0.25) is 19.5 Å². The van der Waals surface area contributed by atoms with Gasteiger partial charge in [0.05, 0.1) is 23.7 Å². The van der Waals surface area contributed by atoms with E-state index in [0.29, 0.717) is 23.5 Å². The first-order valence-corrected chi connectivity index (χ1v) is 8.98. The zero-order valence-electron chi connectivity index (χ0n) is 15.0. The minimum absolute atomic E-state index is 0.0694. The van der Waals surface area contributed by atoms with Crippen LogP contribution in [0.1, 0.15) is 34.1 Å². The number of pyridine rings is 1. The topological polar surface area (TPSA) is 62.3 Å². The predicted octanol–water partition coefficient (Wildman–Crippen LogP) is 3.63. The molecule has 3 aromatic rings. The number of hydrogen-bond donors (Lipinski definition) is 1. The standard InChI is InChI=1S/C22H18FN3O2/c23-16-8-10-17(11-9-16)26-19(21-18(22(26)28)7-4-12-24-21)13-20(27)25-14-15-5-2-1-3-6-15/h1-12,19H,13-14H2,(H,25,27)/t19-/m0/s1. The van der Waals surface area contributed by atoms with Gasteiger partial charge in [0.25, 0.3) is 5.91 Å². The monoisotopic (exact) mass is 375 g/mol. The third-order valence-electron chi connectivity index (χ3n) is 4.73. The molecule has 2 amide bonds. The lowest BCUT2D eigenvalue weighted by Crippen LogP contribution is -2.33. The molecule has 6 heteroatoms. The molecule has 1 N–H and O–H groups in total. The molecular formula is C22H18FN3O2. The van der Waals surface area contributed by atoms with Crippen LogP contribution in [0.25, 0.3) is 0 Å². The van der Waals surface area contributed by atoms with E-state index in [-0.39, 0.29) is 24.1 Å². The normalized spacial score (nSPS) is 15.4. The van der Waals surface area contributed by atoms with Gasteiger partial charge < -0.3 is 5.32 Å². The van der Waals surface area contributed by atoms with E-state index in [2.05, 4.69) is 10.3 Å². The van der Waals surface area contributed by atoms with Gasteiger partial charge in [0.2, 0.25) is 5.91 Å².